The van der Waals surface area contributed by atoms with E-state index >= 15 is 0 Å². The lowest BCUT2D eigenvalue weighted by atomic mass is 10.2. The smallest absolute Gasteiger partial charge is 0.409 e. The number of piperazine rings is 1. The molecule has 1 aromatic rings. The van der Waals surface area contributed by atoms with Gasteiger partial charge in [0.25, 0.3) is 5.91 Å². The summed E-state index contributed by atoms with van der Waals surface area (Å²) in [6.45, 7) is 5.04. The van der Waals surface area contributed by atoms with E-state index in [9.17, 15) is 9.59 Å². The Labute approximate surface area is 157 Å². The molecule has 9 heteroatoms. The zero-order chi connectivity index (χ0) is 18.5. The van der Waals surface area contributed by atoms with Crippen LogP contribution in [0.25, 0.3) is 0 Å². The molecule has 142 valence electrons. The molecule has 1 aromatic heterocycles. The topological polar surface area (TPSA) is 81.2 Å². The molecule has 26 heavy (non-hydrogen) atoms. The highest BCUT2D eigenvalue weighted by molar-refractivity contribution is 6.32. The first-order valence-electron chi connectivity index (χ1n) is 8.69. The van der Waals surface area contributed by atoms with Crippen molar-refractivity contribution in [1.82, 2.24) is 14.8 Å². The molecular weight excluding hydrogens is 362 g/mol. The standard InChI is InChI=1S/C17H22ClN3O5/c1-2-25-17(23)21-6-4-20(5-7-21)16(22)12-9-14(18)15(19-10-12)26-13-3-8-24-11-13/h9-10,13H,2-8,11H2,1H3. The second-order valence-corrected chi connectivity index (χ2v) is 6.50. The molecule has 0 saturated carbocycles. The molecule has 2 fully saturated rings. The fourth-order valence-electron chi connectivity index (χ4n) is 2.88. The van der Waals surface area contributed by atoms with Crippen molar-refractivity contribution >= 4 is 23.6 Å². The number of pyridine rings is 1. The van der Waals surface area contributed by atoms with Crippen LogP contribution in [0, 0.1) is 0 Å². The SMILES string of the molecule is CCOC(=O)N1CCN(C(=O)c2cnc(OC3CCOC3)c(Cl)c2)CC1. The molecule has 2 aliphatic heterocycles. The third-order valence-corrected chi connectivity index (χ3v) is 4.58. The Morgan fingerprint density at radius 3 is 2.65 bits per heavy atom. The van der Waals surface area contributed by atoms with Gasteiger partial charge in [-0.2, -0.15) is 0 Å². The normalized spacial score (nSPS) is 20.2. The van der Waals surface area contributed by atoms with E-state index in [0.717, 1.165) is 6.42 Å². The maximum Gasteiger partial charge on any atom is 0.409 e. The van der Waals surface area contributed by atoms with Gasteiger partial charge in [0.2, 0.25) is 5.88 Å². The summed E-state index contributed by atoms with van der Waals surface area (Å²) in [7, 11) is 0. The minimum Gasteiger partial charge on any atom is -0.471 e. The van der Waals surface area contributed by atoms with Crippen LogP contribution in [0.15, 0.2) is 12.3 Å². The molecule has 2 amide bonds. The van der Waals surface area contributed by atoms with Crippen LogP contribution in [0.3, 0.4) is 0 Å². The van der Waals surface area contributed by atoms with Crippen molar-refractivity contribution in [3.63, 3.8) is 0 Å². The summed E-state index contributed by atoms with van der Waals surface area (Å²) in [5.41, 5.74) is 0.398. The Balaban J connectivity index is 1.58. The maximum atomic E-state index is 12.6. The second kappa shape index (κ2) is 8.55. The van der Waals surface area contributed by atoms with E-state index in [0.29, 0.717) is 62.5 Å². The van der Waals surface area contributed by atoms with Crippen molar-refractivity contribution in [2.75, 3.05) is 46.0 Å². The van der Waals surface area contributed by atoms with Gasteiger partial charge in [-0.3, -0.25) is 4.79 Å². The van der Waals surface area contributed by atoms with Crippen LogP contribution in [-0.2, 0) is 9.47 Å². The summed E-state index contributed by atoms with van der Waals surface area (Å²) in [6.07, 6.45) is 1.86. The molecule has 3 heterocycles. The predicted molar refractivity (Wildman–Crippen MR) is 93.6 cm³/mol. The number of rotatable bonds is 4. The fourth-order valence-corrected chi connectivity index (χ4v) is 3.09. The lowest BCUT2D eigenvalue weighted by Crippen LogP contribution is -2.50. The van der Waals surface area contributed by atoms with Crippen molar-refractivity contribution in [3.8, 4) is 5.88 Å². The van der Waals surface area contributed by atoms with E-state index in [2.05, 4.69) is 4.98 Å². The molecule has 0 spiro atoms. The first kappa shape index (κ1) is 18.7. The molecule has 0 N–H and O–H groups in total. The van der Waals surface area contributed by atoms with Crippen LogP contribution in [0.1, 0.15) is 23.7 Å². The lowest BCUT2D eigenvalue weighted by Gasteiger charge is -2.34. The van der Waals surface area contributed by atoms with Gasteiger partial charge in [0.15, 0.2) is 0 Å². The van der Waals surface area contributed by atoms with Gasteiger partial charge in [0.1, 0.15) is 11.1 Å². The monoisotopic (exact) mass is 383 g/mol. The van der Waals surface area contributed by atoms with Gasteiger partial charge < -0.3 is 24.0 Å². The number of nitrogens with zero attached hydrogens (tertiary/aromatic N) is 3. The number of amides is 2. The molecule has 1 unspecified atom stereocenters. The third kappa shape index (κ3) is 4.37. The van der Waals surface area contributed by atoms with Gasteiger partial charge in [0.05, 0.1) is 25.4 Å². The molecule has 1 atom stereocenters. The van der Waals surface area contributed by atoms with Crippen LogP contribution in [0.4, 0.5) is 4.79 Å². The van der Waals surface area contributed by atoms with E-state index in [1.165, 1.54) is 6.20 Å². The van der Waals surface area contributed by atoms with Gasteiger partial charge in [-0.05, 0) is 13.0 Å². The zero-order valence-electron chi connectivity index (χ0n) is 14.6. The predicted octanol–water partition coefficient (Wildman–Crippen LogP) is 1.82. The van der Waals surface area contributed by atoms with E-state index in [1.807, 2.05) is 0 Å². The van der Waals surface area contributed by atoms with E-state index in [-0.39, 0.29) is 18.1 Å². The molecule has 0 aromatic carbocycles. The highest BCUT2D eigenvalue weighted by Crippen LogP contribution is 2.25. The largest absolute Gasteiger partial charge is 0.471 e. The Hall–Kier alpha value is -2.06. The highest BCUT2D eigenvalue weighted by Gasteiger charge is 2.26. The summed E-state index contributed by atoms with van der Waals surface area (Å²) in [4.78, 5) is 31.8. The van der Waals surface area contributed by atoms with Crippen LogP contribution in [0.5, 0.6) is 5.88 Å². The van der Waals surface area contributed by atoms with Crippen LogP contribution < -0.4 is 4.74 Å². The Bertz CT molecular complexity index is 658. The van der Waals surface area contributed by atoms with E-state index in [4.69, 9.17) is 25.8 Å². The Morgan fingerprint density at radius 2 is 2.04 bits per heavy atom. The lowest BCUT2D eigenvalue weighted by molar-refractivity contribution is 0.0570. The minimum absolute atomic E-state index is 0.0579. The molecule has 0 radical (unpaired) electrons. The molecule has 3 rings (SSSR count). The summed E-state index contributed by atoms with van der Waals surface area (Å²) < 4.78 is 15.9. The van der Waals surface area contributed by atoms with Crippen molar-refractivity contribution in [2.24, 2.45) is 0 Å². The average molecular weight is 384 g/mol. The minimum atomic E-state index is -0.346. The summed E-state index contributed by atoms with van der Waals surface area (Å²) in [5, 5.41) is 0.299. The average Bonchev–Trinajstić information content (AvgIpc) is 3.16. The van der Waals surface area contributed by atoms with Crippen molar-refractivity contribution < 1.29 is 23.8 Å². The summed E-state index contributed by atoms with van der Waals surface area (Å²) in [6, 6.07) is 1.57. The van der Waals surface area contributed by atoms with Crippen LogP contribution in [0.2, 0.25) is 5.02 Å². The number of hydrogen-bond donors (Lipinski definition) is 0. The van der Waals surface area contributed by atoms with Crippen molar-refractivity contribution in [1.29, 1.82) is 0 Å². The third-order valence-electron chi connectivity index (χ3n) is 4.31. The molecule has 0 aliphatic carbocycles. The number of ether oxygens (including phenoxy) is 3. The molecule has 2 aliphatic rings. The molecule has 8 nitrogen and oxygen atoms in total. The highest BCUT2D eigenvalue weighted by atomic mass is 35.5. The Morgan fingerprint density at radius 1 is 1.31 bits per heavy atom. The van der Waals surface area contributed by atoms with Crippen molar-refractivity contribution in [3.05, 3.63) is 22.8 Å². The molecular formula is C17H22ClN3O5. The first-order valence-corrected chi connectivity index (χ1v) is 9.07. The quantitative estimate of drug-likeness (QED) is 0.788. The number of carbonyl (C=O) groups excluding carboxylic acids is 2. The van der Waals surface area contributed by atoms with Gasteiger partial charge in [0, 0.05) is 38.8 Å². The summed E-state index contributed by atoms with van der Waals surface area (Å²) >= 11 is 6.22. The molecule has 2 saturated heterocycles. The van der Waals surface area contributed by atoms with Crippen molar-refractivity contribution in [2.45, 2.75) is 19.4 Å². The van der Waals surface area contributed by atoms with Crippen LogP contribution >= 0.6 is 11.6 Å². The number of halogens is 1. The zero-order valence-corrected chi connectivity index (χ0v) is 15.4. The maximum absolute atomic E-state index is 12.6. The first-order chi connectivity index (χ1) is 12.6. The second-order valence-electron chi connectivity index (χ2n) is 6.09. The van der Waals surface area contributed by atoms with Gasteiger partial charge >= 0.3 is 6.09 Å². The number of aromatic nitrogens is 1. The number of carbonyl (C=O) groups is 2. The fraction of sp³-hybridized carbons (Fsp3) is 0.588. The number of hydrogen-bond acceptors (Lipinski definition) is 6. The van der Waals surface area contributed by atoms with E-state index < -0.39 is 0 Å². The van der Waals surface area contributed by atoms with E-state index in [1.54, 1.807) is 22.8 Å². The Kier molecular flexibility index (Phi) is 6.16. The summed E-state index contributed by atoms with van der Waals surface area (Å²) in [5.74, 6) is 0.143. The van der Waals surface area contributed by atoms with Crippen LogP contribution in [-0.4, -0.2) is 78.9 Å². The van der Waals surface area contributed by atoms with Gasteiger partial charge in [-0.15, -0.1) is 0 Å². The van der Waals surface area contributed by atoms with Gasteiger partial charge in [-0.1, -0.05) is 11.6 Å². The van der Waals surface area contributed by atoms with Gasteiger partial charge in [-0.25, -0.2) is 9.78 Å². The molecule has 0 bridgehead atoms.